The first-order valence-corrected chi connectivity index (χ1v) is 13.4. The second-order valence-electron chi connectivity index (χ2n) is 10.1. The Kier molecular flexibility index (Phi) is 8.65. The number of halogens is 3. The number of nitrogens with one attached hydrogen (secondary N) is 1. The maximum absolute atomic E-state index is 15.4. The predicted octanol–water partition coefficient (Wildman–Crippen LogP) is 5.47. The van der Waals surface area contributed by atoms with Gasteiger partial charge in [-0.25, -0.2) is 0 Å². The van der Waals surface area contributed by atoms with Gasteiger partial charge in [-0.15, -0.1) is 0 Å². The SMILES string of the molecule is COc1cc(C(=O)N[C@@]2(C(F)(F)F)C(=O)N(C3CCCCCC3)C(C)=C2C(=O)c2ccccc2)cc(OC)c1OC. The highest BCUT2D eigenvalue weighted by Crippen LogP contribution is 2.48. The van der Waals surface area contributed by atoms with E-state index in [0.717, 1.165) is 30.6 Å². The van der Waals surface area contributed by atoms with Gasteiger partial charge in [0.1, 0.15) is 0 Å². The molecule has 220 valence electrons. The fourth-order valence-electron chi connectivity index (χ4n) is 5.76. The van der Waals surface area contributed by atoms with Crippen molar-refractivity contribution in [3.63, 3.8) is 0 Å². The molecule has 2 aromatic carbocycles. The van der Waals surface area contributed by atoms with Crippen molar-refractivity contribution in [2.24, 2.45) is 0 Å². The molecule has 2 aliphatic rings. The van der Waals surface area contributed by atoms with Crippen LogP contribution in [0.15, 0.2) is 53.7 Å². The minimum absolute atomic E-state index is 0.0307. The predicted molar refractivity (Wildman–Crippen MR) is 144 cm³/mol. The molecule has 1 N–H and O–H groups in total. The summed E-state index contributed by atoms with van der Waals surface area (Å²) in [6.45, 7) is 1.35. The Hall–Kier alpha value is -4.02. The molecule has 1 aliphatic heterocycles. The van der Waals surface area contributed by atoms with Crippen molar-refractivity contribution in [2.75, 3.05) is 21.3 Å². The fraction of sp³-hybridized carbons (Fsp3) is 0.433. The summed E-state index contributed by atoms with van der Waals surface area (Å²) in [5.74, 6) is -3.44. The summed E-state index contributed by atoms with van der Waals surface area (Å²) in [4.78, 5) is 42.6. The van der Waals surface area contributed by atoms with Gasteiger partial charge in [0.05, 0.1) is 26.9 Å². The number of allylic oxidation sites excluding steroid dienone is 1. The lowest BCUT2D eigenvalue weighted by molar-refractivity contribution is -0.190. The summed E-state index contributed by atoms with van der Waals surface area (Å²) in [6, 6.07) is 9.24. The molecule has 1 aliphatic carbocycles. The van der Waals surface area contributed by atoms with E-state index < -0.39 is 40.9 Å². The van der Waals surface area contributed by atoms with Crippen LogP contribution in [0.5, 0.6) is 17.2 Å². The lowest BCUT2D eigenvalue weighted by Crippen LogP contribution is -2.66. The fourth-order valence-corrected chi connectivity index (χ4v) is 5.76. The molecule has 8 nitrogen and oxygen atoms in total. The van der Waals surface area contributed by atoms with Crippen LogP contribution in [-0.2, 0) is 4.79 Å². The molecule has 1 heterocycles. The normalized spacial score (nSPS) is 20.1. The summed E-state index contributed by atoms with van der Waals surface area (Å²) in [5, 5.41) is 1.97. The molecule has 4 rings (SSSR count). The zero-order chi connectivity index (χ0) is 29.9. The number of nitrogens with zero attached hydrogens (tertiary/aromatic N) is 1. The van der Waals surface area contributed by atoms with E-state index in [1.54, 1.807) is 6.07 Å². The van der Waals surface area contributed by atoms with Gasteiger partial charge in [0.2, 0.25) is 11.3 Å². The second kappa shape index (κ2) is 11.8. The number of amides is 2. The minimum Gasteiger partial charge on any atom is -0.493 e. The van der Waals surface area contributed by atoms with E-state index in [9.17, 15) is 14.4 Å². The molecule has 2 amide bonds. The van der Waals surface area contributed by atoms with Crippen molar-refractivity contribution >= 4 is 17.6 Å². The molecule has 1 fully saturated rings. The molecule has 2 aromatic rings. The lowest BCUT2D eigenvalue weighted by atomic mass is 9.84. The monoisotopic (exact) mass is 574 g/mol. The Morgan fingerprint density at radius 1 is 0.902 bits per heavy atom. The molecular weight excluding hydrogens is 541 g/mol. The van der Waals surface area contributed by atoms with Gasteiger partial charge in [0, 0.05) is 22.9 Å². The Bertz CT molecular complexity index is 1320. The van der Waals surface area contributed by atoms with Gasteiger partial charge in [-0.05, 0) is 31.9 Å². The number of hydrogen-bond donors (Lipinski definition) is 1. The molecule has 1 atom stereocenters. The molecule has 1 saturated carbocycles. The molecule has 0 radical (unpaired) electrons. The Morgan fingerprint density at radius 2 is 1.46 bits per heavy atom. The van der Waals surface area contributed by atoms with Crippen LogP contribution in [0.25, 0.3) is 0 Å². The summed E-state index contributed by atoms with van der Waals surface area (Å²) in [6.07, 6.45) is -1.10. The van der Waals surface area contributed by atoms with Crippen LogP contribution >= 0.6 is 0 Å². The molecule has 0 aromatic heterocycles. The first-order chi connectivity index (χ1) is 19.5. The molecule has 0 saturated heterocycles. The number of hydrogen-bond acceptors (Lipinski definition) is 6. The number of methoxy groups -OCH3 is 3. The number of Topliss-reactive ketones (excluding diaryl/α,β-unsaturated/α-hetero) is 1. The highest BCUT2D eigenvalue weighted by molar-refractivity contribution is 6.19. The third kappa shape index (κ3) is 5.25. The quantitative estimate of drug-likeness (QED) is 0.332. The Morgan fingerprint density at radius 3 is 1.95 bits per heavy atom. The molecular formula is C30H33F3N2O6. The number of carbonyl (C=O) groups is 3. The summed E-state index contributed by atoms with van der Waals surface area (Å²) in [7, 11) is 3.93. The van der Waals surface area contributed by atoms with Gasteiger partial charge < -0.3 is 24.4 Å². The van der Waals surface area contributed by atoms with Crippen LogP contribution in [0.2, 0.25) is 0 Å². The number of ketones is 1. The molecule has 41 heavy (non-hydrogen) atoms. The van der Waals surface area contributed by atoms with Gasteiger partial charge in [-0.2, -0.15) is 13.2 Å². The number of ether oxygens (including phenoxy) is 3. The van der Waals surface area contributed by atoms with E-state index in [1.165, 1.54) is 64.7 Å². The van der Waals surface area contributed by atoms with Crippen molar-refractivity contribution in [1.82, 2.24) is 10.2 Å². The molecule has 0 spiro atoms. The van der Waals surface area contributed by atoms with E-state index in [-0.39, 0.29) is 34.1 Å². The number of benzene rings is 2. The van der Waals surface area contributed by atoms with Crippen molar-refractivity contribution < 1.29 is 41.8 Å². The van der Waals surface area contributed by atoms with Crippen LogP contribution in [0.1, 0.15) is 66.2 Å². The van der Waals surface area contributed by atoms with Gasteiger partial charge in [0.15, 0.2) is 17.3 Å². The highest BCUT2D eigenvalue weighted by atomic mass is 19.4. The zero-order valence-electron chi connectivity index (χ0n) is 23.4. The molecule has 0 bridgehead atoms. The molecule has 11 heteroatoms. The van der Waals surface area contributed by atoms with Crippen LogP contribution in [0.4, 0.5) is 13.2 Å². The topological polar surface area (TPSA) is 94.2 Å². The van der Waals surface area contributed by atoms with Gasteiger partial charge in [-0.3, -0.25) is 14.4 Å². The Labute approximate surface area is 236 Å². The van der Waals surface area contributed by atoms with Gasteiger partial charge in [-0.1, -0.05) is 56.0 Å². The van der Waals surface area contributed by atoms with Crippen molar-refractivity contribution in [3.8, 4) is 17.2 Å². The summed E-state index contributed by atoms with van der Waals surface area (Å²) >= 11 is 0. The first kappa shape index (κ1) is 30.0. The number of carbonyl (C=O) groups excluding carboxylic acids is 3. The van der Waals surface area contributed by atoms with Gasteiger partial charge >= 0.3 is 6.18 Å². The van der Waals surface area contributed by atoms with Crippen LogP contribution in [-0.4, -0.2) is 61.6 Å². The third-order valence-electron chi connectivity index (χ3n) is 7.74. The highest BCUT2D eigenvalue weighted by Gasteiger charge is 2.71. The average Bonchev–Trinajstić information content (AvgIpc) is 3.12. The third-order valence-corrected chi connectivity index (χ3v) is 7.74. The number of alkyl halides is 3. The van der Waals surface area contributed by atoms with Crippen molar-refractivity contribution in [2.45, 2.75) is 63.2 Å². The average molecular weight is 575 g/mol. The van der Waals surface area contributed by atoms with Gasteiger partial charge in [0.25, 0.3) is 11.8 Å². The number of rotatable bonds is 8. The van der Waals surface area contributed by atoms with E-state index in [2.05, 4.69) is 0 Å². The first-order valence-electron chi connectivity index (χ1n) is 13.4. The molecule has 0 unspecified atom stereocenters. The van der Waals surface area contributed by atoms with Crippen LogP contribution < -0.4 is 19.5 Å². The largest absolute Gasteiger partial charge is 0.493 e. The van der Waals surface area contributed by atoms with E-state index in [0.29, 0.717) is 12.8 Å². The smallest absolute Gasteiger partial charge is 0.425 e. The maximum Gasteiger partial charge on any atom is 0.425 e. The Balaban J connectivity index is 1.90. The van der Waals surface area contributed by atoms with Crippen molar-refractivity contribution in [3.05, 3.63) is 64.9 Å². The van der Waals surface area contributed by atoms with E-state index >= 15 is 13.2 Å². The minimum atomic E-state index is -5.36. The van der Waals surface area contributed by atoms with Crippen LogP contribution in [0, 0.1) is 0 Å². The van der Waals surface area contributed by atoms with Crippen LogP contribution in [0.3, 0.4) is 0 Å². The standard InChI is InChI=1S/C30H33F3N2O6/c1-18-24(25(36)19-12-8-7-9-13-19)29(30(31,32)33,28(38)35(18)21-14-10-5-6-11-15-21)34-27(37)20-16-22(39-2)26(41-4)23(17-20)40-3/h7-9,12-13,16-17,21H,5-6,10-11,14-15H2,1-4H3,(H,34,37)/t29-/m1/s1. The van der Waals surface area contributed by atoms with Crippen molar-refractivity contribution in [1.29, 1.82) is 0 Å². The lowest BCUT2D eigenvalue weighted by Gasteiger charge is -2.35. The maximum atomic E-state index is 15.4. The zero-order valence-corrected chi connectivity index (χ0v) is 23.4. The van der Waals surface area contributed by atoms with E-state index in [4.69, 9.17) is 14.2 Å². The summed E-state index contributed by atoms with van der Waals surface area (Å²) < 4.78 is 61.8. The summed E-state index contributed by atoms with van der Waals surface area (Å²) in [5.41, 5.74) is -4.86. The van der Waals surface area contributed by atoms with E-state index in [1.807, 2.05) is 5.32 Å². The second-order valence-corrected chi connectivity index (χ2v) is 10.1.